The van der Waals surface area contributed by atoms with Crippen LogP contribution < -0.4 is 5.32 Å². The van der Waals surface area contributed by atoms with Gasteiger partial charge in [-0.2, -0.15) is 0 Å². The molecule has 0 saturated carbocycles. The highest BCUT2D eigenvalue weighted by Crippen LogP contribution is 2.22. The SMILES string of the molecule is CCC(C)CNC(C)(C)c1nccs1. The maximum atomic E-state index is 4.35. The van der Waals surface area contributed by atoms with Crippen molar-refractivity contribution in [2.75, 3.05) is 6.54 Å². The number of aromatic nitrogens is 1. The van der Waals surface area contributed by atoms with Crippen molar-refractivity contribution >= 4 is 11.3 Å². The van der Waals surface area contributed by atoms with Gasteiger partial charge in [0.25, 0.3) is 0 Å². The average molecular weight is 212 g/mol. The van der Waals surface area contributed by atoms with Crippen LogP contribution in [0.3, 0.4) is 0 Å². The molecular formula is C11H20N2S. The number of hydrogen-bond acceptors (Lipinski definition) is 3. The zero-order chi connectivity index (χ0) is 10.6. The molecule has 1 heterocycles. The van der Waals surface area contributed by atoms with E-state index >= 15 is 0 Å². The third-order valence-corrected chi connectivity index (χ3v) is 3.65. The second kappa shape index (κ2) is 4.89. The first-order chi connectivity index (χ1) is 6.56. The van der Waals surface area contributed by atoms with Gasteiger partial charge < -0.3 is 5.32 Å². The molecule has 0 aliphatic carbocycles. The largest absolute Gasteiger partial charge is 0.306 e. The van der Waals surface area contributed by atoms with Crippen molar-refractivity contribution in [2.24, 2.45) is 5.92 Å². The van der Waals surface area contributed by atoms with E-state index in [1.54, 1.807) is 11.3 Å². The fourth-order valence-electron chi connectivity index (χ4n) is 1.18. The Labute approximate surface area is 90.8 Å². The standard InChI is InChI=1S/C11H20N2S/c1-5-9(2)8-13-11(3,4)10-12-6-7-14-10/h6-7,9,13H,5,8H2,1-4H3. The molecule has 1 aromatic heterocycles. The monoisotopic (exact) mass is 212 g/mol. The quantitative estimate of drug-likeness (QED) is 0.811. The smallest absolute Gasteiger partial charge is 0.112 e. The van der Waals surface area contributed by atoms with E-state index in [-0.39, 0.29) is 5.54 Å². The van der Waals surface area contributed by atoms with Crippen LogP contribution in [0, 0.1) is 5.92 Å². The maximum absolute atomic E-state index is 4.35. The van der Waals surface area contributed by atoms with Crippen molar-refractivity contribution in [3.63, 3.8) is 0 Å². The Hall–Kier alpha value is -0.410. The number of nitrogens with one attached hydrogen (secondary N) is 1. The van der Waals surface area contributed by atoms with Gasteiger partial charge in [0.1, 0.15) is 5.01 Å². The van der Waals surface area contributed by atoms with Gasteiger partial charge in [-0.1, -0.05) is 20.3 Å². The molecule has 0 amide bonds. The average Bonchev–Trinajstić information content (AvgIpc) is 2.67. The number of thiazole rings is 1. The second-order valence-electron chi connectivity index (χ2n) is 4.36. The minimum atomic E-state index is 0.0115. The number of rotatable bonds is 5. The second-order valence-corrected chi connectivity index (χ2v) is 5.25. The first kappa shape index (κ1) is 11.7. The Morgan fingerprint density at radius 3 is 2.79 bits per heavy atom. The maximum Gasteiger partial charge on any atom is 0.112 e. The molecular weight excluding hydrogens is 192 g/mol. The Balaban J connectivity index is 2.50. The molecule has 1 aromatic rings. The summed E-state index contributed by atoms with van der Waals surface area (Å²) in [6, 6.07) is 0. The molecule has 0 bridgehead atoms. The Morgan fingerprint density at radius 2 is 2.29 bits per heavy atom. The van der Waals surface area contributed by atoms with Crippen LogP contribution in [0.15, 0.2) is 11.6 Å². The first-order valence-corrected chi connectivity index (χ1v) is 6.09. The molecule has 1 atom stereocenters. The third-order valence-electron chi connectivity index (χ3n) is 2.56. The van der Waals surface area contributed by atoms with Gasteiger partial charge in [-0.15, -0.1) is 11.3 Å². The summed E-state index contributed by atoms with van der Waals surface area (Å²) in [6.45, 7) is 9.93. The molecule has 1 unspecified atom stereocenters. The molecule has 14 heavy (non-hydrogen) atoms. The summed E-state index contributed by atoms with van der Waals surface area (Å²) in [6.07, 6.45) is 3.09. The predicted molar refractivity (Wildman–Crippen MR) is 62.6 cm³/mol. The van der Waals surface area contributed by atoms with Gasteiger partial charge in [-0.05, 0) is 26.3 Å². The number of nitrogens with zero attached hydrogens (tertiary/aromatic N) is 1. The van der Waals surface area contributed by atoms with Crippen molar-refractivity contribution in [2.45, 2.75) is 39.7 Å². The third kappa shape index (κ3) is 3.07. The lowest BCUT2D eigenvalue weighted by atomic mass is 10.0. The van der Waals surface area contributed by atoms with E-state index in [0.717, 1.165) is 12.5 Å². The highest BCUT2D eigenvalue weighted by Gasteiger charge is 2.22. The van der Waals surface area contributed by atoms with E-state index in [1.165, 1.54) is 11.4 Å². The van der Waals surface area contributed by atoms with Crippen LogP contribution >= 0.6 is 11.3 Å². The van der Waals surface area contributed by atoms with Crippen molar-refractivity contribution < 1.29 is 0 Å². The summed E-state index contributed by atoms with van der Waals surface area (Å²) < 4.78 is 0. The fourth-order valence-corrected chi connectivity index (χ4v) is 1.92. The molecule has 3 heteroatoms. The van der Waals surface area contributed by atoms with Crippen LogP contribution in [0.2, 0.25) is 0 Å². The molecule has 80 valence electrons. The summed E-state index contributed by atoms with van der Waals surface area (Å²) in [5.74, 6) is 0.731. The first-order valence-electron chi connectivity index (χ1n) is 5.21. The van der Waals surface area contributed by atoms with Gasteiger partial charge >= 0.3 is 0 Å². The summed E-state index contributed by atoms with van der Waals surface area (Å²) in [5.41, 5.74) is 0.0115. The molecule has 0 spiro atoms. The fraction of sp³-hybridized carbons (Fsp3) is 0.727. The van der Waals surface area contributed by atoms with Crippen LogP contribution in [0.1, 0.15) is 39.1 Å². The normalized spacial score (nSPS) is 14.3. The van der Waals surface area contributed by atoms with Gasteiger partial charge in [0.15, 0.2) is 0 Å². The molecule has 2 nitrogen and oxygen atoms in total. The molecule has 0 aliphatic rings. The van der Waals surface area contributed by atoms with Gasteiger partial charge in [0.05, 0.1) is 5.54 Å². The zero-order valence-electron chi connectivity index (χ0n) is 9.50. The summed E-state index contributed by atoms with van der Waals surface area (Å²) in [5, 5.41) is 6.76. The minimum absolute atomic E-state index is 0.0115. The van der Waals surface area contributed by atoms with E-state index in [9.17, 15) is 0 Å². The zero-order valence-corrected chi connectivity index (χ0v) is 10.3. The Kier molecular flexibility index (Phi) is 4.08. The van der Waals surface area contributed by atoms with Crippen molar-refractivity contribution in [3.05, 3.63) is 16.6 Å². The summed E-state index contributed by atoms with van der Waals surface area (Å²) in [7, 11) is 0. The van der Waals surface area contributed by atoms with Crippen molar-refractivity contribution in [1.29, 1.82) is 0 Å². The lowest BCUT2D eigenvalue weighted by Gasteiger charge is -2.25. The van der Waals surface area contributed by atoms with Crippen molar-refractivity contribution in [1.82, 2.24) is 10.3 Å². The molecule has 0 aromatic carbocycles. The van der Waals surface area contributed by atoms with Crippen molar-refractivity contribution in [3.8, 4) is 0 Å². The van der Waals surface area contributed by atoms with Gasteiger partial charge in [-0.3, -0.25) is 0 Å². The lowest BCUT2D eigenvalue weighted by Crippen LogP contribution is -2.38. The van der Waals surface area contributed by atoms with Crippen LogP contribution in [0.4, 0.5) is 0 Å². The molecule has 0 radical (unpaired) electrons. The van der Waals surface area contributed by atoms with E-state index in [0.29, 0.717) is 0 Å². The van der Waals surface area contributed by atoms with E-state index in [2.05, 4.69) is 38.0 Å². The van der Waals surface area contributed by atoms with Crippen LogP contribution in [0.5, 0.6) is 0 Å². The number of hydrogen-bond donors (Lipinski definition) is 1. The van der Waals surface area contributed by atoms with Crippen LogP contribution in [0.25, 0.3) is 0 Å². The van der Waals surface area contributed by atoms with E-state index in [1.807, 2.05) is 11.6 Å². The summed E-state index contributed by atoms with van der Waals surface area (Å²) >= 11 is 1.72. The van der Waals surface area contributed by atoms with Gasteiger partial charge in [-0.25, -0.2) is 4.98 Å². The van der Waals surface area contributed by atoms with Gasteiger partial charge in [0, 0.05) is 11.6 Å². The molecule has 1 rings (SSSR count). The predicted octanol–water partition coefficient (Wildman–Crippen LogP) is 3.01. The lowest BCUT2D eigenvalue weighted by molar-refractivity contribution is 0.359. The van der Waals surface area contributed by atoms with E-state index in [4.69, 9.17) is 0 Å². The van der Waals surface area contributed by atoms with E-state index < -0.39 is 0 Å². The highest BCUT2D eigenvalue weighted by atomic mass is 32.1. The van der Waals surface area contributed by atoms with Gasteiger partial charge in [0.2, 0.25) is 0 Å². The molecule has 0 saturated heterocycles. The highest BCUT2D eigenvalue weighted by molar-refractivity contribution is 7.09. The molecule has 0 fully saturated rings. The molecule has 0 aliphatic heterocycles. The summed E-state index contributed by atoms with van der Waals surface area (Å²) in [4.78, 5) is 4.35. The van der Waals surface area contributed by atoms with Crippen LogP contribution in [-0.2, 0) is 5.54 Å². The minimum Gasteiger partial charge on any atom is -0.306 e. The Morgan fingerprint density at radius 1 is 1.57 bits per heavy atom. The molecule has 1 N–H and O–H groups in total. The van der Waals surface area contributed by atoms with Crippen LogP contribution in [-0.4, -0.2) is 11.5 Å². The topological polar surface area (TPSA) is 24.9 Å². The Bertz CT molecular complexity index is 254.